The van der Waals surface area contributed by atoms with E-state index in [4.69, 9.17) is 4.74 Å². The van der Waals surface area contributed by atoms with Gasteiger partial charge in [-0.05, 0) is 18.6 Å². The summed E-state index contributed by atoms with van der Waals surface area (Å²) in [6.45, 7) is 1.69. The Bertz CT molecular complexity index is 1500. The van der Waals surface area contributed by atoms with Crippen molar-refractivity contribution >= 4 is 22.5 Å². The monoisotopic (exact) mass is 415 g/mol. The van der Waals surface area contributed by atoms with Gasteiger partial charge in [0.1, 0.15) is 11.4 Å². The maximum Gasteiger partial charge on any atom is 0.343 e. The summed E-state index contributed by atoms with van der Waals surface area (Å²) in [4.78, 5) is 33.9. The molecule has 1 aromatic carbocycles. The van der Waals surface area contributed by atoms with E-state index < -0.39 is 5.97 Å². The van der Waals surface area contributed by atoms with Gasteiger partial charge in [-0.1, -0.05) is 30.3 Å². The first-order valence-electron chi connectivity index (χ1n) is 9.50. The summed E-state index contributed by atoms with van der Waals surface area (Å²) in [5.74, 6) is 0.358. The first-order valence-corrected chi connectivity index (χ1v) is 9.50. The number of hydrogen-bond donors (Lipinski definition) is 1. The Morgan fingerprint density at radius 2 is 2.00 bits per heavy atom. The minimum absolute atomic E-state index is 0.241. The third kappa shape index (κ3) is 3.05. The van der Waals surface area contributed by atoms with Crippen molar-refractivity contribution in [3.63, 3.8) is 0 Å². The SMILES string of the molecule is COC(=O)c1c(C)nn2c1ncc1c(=O)n(-c3n[nH]c(Cc4ccccc4)n3)ccc12. The Labute approximate surface area is 175 Å². The summed E-state index contributed by atoms with van der Waals surface area (Å²) >= 11 is 0. The van der Waals surface area contributed by atoms with E-state index in [0.717, 1.165) is 5.56 Å². The molecule has 0 unspecified atom stereocenters. The van der Waals surface area contributed by atoms with E-state index in [1.54, 1.807) is 19.2 Å². The molecule has 0 atom stereocenters. The minimum Gasteiger partial charge on any atom is -0.465 e. The predicted octanol–water partition coefficient (Wildman–Crippen LogP) is 1.84. The molecule has 1 N–H and O–H groups in total. The lowest BCUT2D eigenvalue weighted by molar-refractivity contribution is 0.0602. The van der Waals surface area contributed by atoms with Crippen LogP contribution in [-0.2, 0) is 11.2 Å². The van der Waals surface area contributed by atoms with Gasteiger partial charge in [-0.2, -0.15) is 10.1 Å². The number of methoxy groups -OCH3 is 1. The number of nitrogens with one attached hydrogen (secondary N) is 1. The minimum atomic E-state index is -0.528. The van der Waals surface area contributed by atoms with Crippen LogP contribution < -0.4 is 5.56 Å². The zero-order valence-electron chi connectivity index (χ0n) is 16.7. The van der Waals surface area contributed by atoms with Gasteiger partial charge in [0.2, 0.25) is 0 Å². The number of aromatic nitrogens is 7. The standard InChI is InChI=1S/C21H17N7O3/c1-12-17(20(30)31-2)18-22-11-14-15(28(18)26-12)8-9-27(19(14)29)21-23-16(24-25-21)10-13-6-4-3-5-7-13/h3-9,11H,10H2,1-2H3,(H,23,24,25). The zero-order valence-corrected chi connectivity index (χ0v) is 16.7. The van der Waals surface area contributed by atoms with Crippen LogP contribution in [0.5, 0.6) is 0 Å². The molecule has 10 heteroatoms. The predicted molar refractivity (Wildman–Crippen MR) is 111 cm³/mol. The molecule has 4 heterocycles. The number of rotatable bonds is 4. The van der Waals surface area contributed by atoms with Gasteiger partial charge in [0.25, 0.3) is 11.5 Å². The fourth-order valence-electron chi connectivity index (χ4n) is 3.54. The average Bonchev–Trinajstić information content (AvgIpc) is 3.38. The summed E-state index contributed by atoms with van der Waals surface area (Å²) < 4.78 is 7.64. The molecule has 0 aliphatic rings. The highest BCUT2D eigenvalue weighted by Crippen LogP contribution is 2.19. The fraction of sp³-hybridized carbons (Fsp3) is 0.143. The summed E-state index contributed by atoms with van der Waals surface area (Å²) in [5, 5.41) is 11.8. The number of H-pyrrole nitrogens is 1. The molecule has 5 aromatic rings. The summed E-state index contributed by atoms with van der Waals surface area (Å²) in [6.07, 6.45) is 3.57. The number of aryl methyl sites for hydroxylation is 1. The van der Waals surface area contributed by atoms with Crippen LogP contribution in [0.2, 0.25) is 0 Å². The molecule has 0 bridgehead atoms. The van der Waals surface area contributed by atoms with Gasteiger partial charge in [0.05, 0.1) is 23.7 Å². The molecule has 0 aliphatic heterocycles. The molecule has 0 saturated carbocycles. The van der Waals surface area contributed by atoms with Gasteiger partial charge in [-0.25, -0.2) is 18.9 Å². The number of aromatic amines is 1. The smallest absolute Gasteiger partial charge is 0.343 e. The molecule has 10 nitrogen and oxygen atoms in total. The van der Waals surface area contributed by atoms with Crippen molar-refractivity contribution in [2.24, 2.45) is 0 Å². The molecule has 0 aliphatic carbocycles. The van der Waals surface area contributed by atoms with Gasteiger partial charge >= 0.3 is 5.97 Å². The van der Waals surface area contributed by atoms with Crippen LogP contribution in [0.15, 0.2) is 53.6 Å². The number of fused-ring (bicyclic) bond motifs is 3. The van der Waals surface area contributed by atoms with Crippen molar-refractivity contribution in [1.82, 2.24) is 34.3 Å². The Kier molecular flexibility index (Phi) is 4.32. The average molecular weight is 415 g/mol. The Morgan fingerprint density at radius 3 is 2.77 bits per heavy atom. The maximum absolute atomic E-state index is 13.1. The molecule has 4 aromatic heterocycles. The lowest BCUT2D eigenvalue weighted by atomic mass is 10.1. The topological polar surface area (TPSA) is 120 Å². The fourth-order valence-corrected chi connectivity index (χ4v) is 3.54. The molecular weight excluding hydrogens is 398 g/mol. The molecule has 0 saturated heterocycles. The molecule has 0 radical (unpaired) electrons. The second-order valence-electron chi connectivity index (χ2n) is 6.98. The van der Waals surface area contributed by atoms with Gasteiger partial charge < -0.3 is 4.74 Å². The van der Waals surface area contributed by atoms with E-state index in [9.17, 15) is 9.59 Å². The number of ether oxygens (including phenoxy) is 1. The third-order valence-corrected chi connectivity index (χ3v) is 5.03. The van der Waals surface area contributed by atoms with Crippen LogP contribution in [0.25, 0.3) is 22.5 Å². The van der Waals surface area contributed by atoms with Gasteiger partial charge in [-0.3, -0.25) is 9.89 Å². The lowest BCUT2D eigenvalue weighted by Gasteiger charge is -2.04. The highest BCUT2D eigenvalue weighted by Gasteiger charge is 2.21. The summed E-state index contributed by atoms with van der Waals surface area (Å²) in [7, 11) is 1.30. The van der Waals surface area contributed by atoms with Crippen LogP contribution in [0.4, 0.5) is 0 Å². The molecular formula is C21H17N7O3. The van der Waals surface area contributed by atoms with E-state index in [0.29, 0.717) is 34.5 Å². The quantitative estimate of drug-likeness (QED) is 0.445. The Morgan fingerprint density at radius 1 is 1.19 bits per heavy atom. The van der Waals surface area contributed by atoms with Crippen LogP contribution in [0.3, 0.4) is 0 Å². The van der Waals surface area contributed by atoms with E-state index >= 15 is 0 Å². The number of esters is 1. The summed E-state index contributed by atoms with van der Waals surface area (Å²) in [5.41, 5.74) is 2.33. The molecule has 31 heavy (non-hydrogen) atoms. The first-order chi connectivity index (χ1) is 15.1. The molecule has 154 valence electrons. The molecule has 5 rings (SSSR count). The normalized spacial score (nSPS) is 11.3. The van der Waals surface area contributed by atoms with Crippen molar-refractivity contribution < 1.29 is 9.53 Å². The number of benzene rings is 1. The lowest BCUT2D eigenvalue weighted by Crippen LogP contribution is -2.20. The number of carbonyl (C=O) groups is 1. The van der Waals surface area contributed by atoms with Crippen LogP contribution >= 0.6 is 0 Å². The van der Waals surface area contributed by atoms with Gasteiger partial charge in [0, 0.05) is 18.8 Å². The molecule has 0 fully saturated rings. The second kappa shape index (κ2) is 7.17. The highest BCUT2D eigenvalue weighted by atomic mass is 16.5. The molecule has 0 spiro atoms. The number of hydrogen-bond acceptors (Lipinski definition) is 7. The van der Waals surface area contributed by atoms with Gasteiger partial charge in [-0.15, -0.1) is 5.10 Å². The van der Waals surface area contributed by atoms with Crippen LogP contribution in [-0.4, -0.2) is 47.4 Å². The highest BCUT2D eigenvalue weighted by molar-refractivity contribution is 5.98. The Balaban J connectivity index is 1.59. The third-order valence-electron chi connectivity index (χ3n) is 5.03. The van der Waals surface area contributed by atoms with Gasteiger partial charge in [0.15, 0.2) is 5.65 Å². The van der Waals surface area contributed by atoms with E-state index in [1.165, 1.54) is 22.4 Å². The van der Waals surface area contributed by atoms with Crippen LogP contribution in [0.1, 0.15) is 27.4 Å². The van der Waals surface area contributed by atoms with Crippen molar-refractivity contribution in [3.05, 3.63) is 81.8 Å². The summed E-state index contributed by atoms with van der Waals surface area (Å²) in [6, 6.07) is 11.6. The number of pyridine rings is 1. The largest absolute Gasteiger partial charge is 0.465 e. The maximum atomic E-state index is 13.1. The van der Waals surface area contributed by atoms with Crippen molar-refractivity contribution in [1.29, 1.82) is 0 Å². The van der Waals surface area contributed by atoms with E-state index in [1.807, 2.05) is 30.3 Å². The van der Waals surface area contributed by atoms with E-state index in [2.05, 4.69) is 25.3 Å². The second-order valence-corrected chi connectivity index (χ2v) is 6.98. The Hall–Kier alpha value is -4.34. The van der Waals surface area contributed by atoms with E-state index in [-0.39, 0.29) is 17.1 Å². The van der Waals surface area contributed by atoms with Crippen molar-refractivity contribution in [2.45, 2.75) is 13.3 Å². The zero-order chi connectivity index (χ0) is 21.5. The number of nitrogens with zero attached hydrogens (tertiary/aromatic N) is 6. The van der Waals surface area contributed by atoms with Crippen LogP contribution in [0, 0.1) is 6.92 Å². The van der Waals surface area contributed by atoms with Crippen molar-refractivity contribution in [3.8, 4) is 5.95 Å². The molecule has 0 amide bonds. The number of carbonyl (C=O) groups excluding carboxylic acids is 1. The van der Waals surface area contributed by atoms with Crippen molar-refractivity contribution in [2.75, 3.05) is 7.11 Å². The first kappa shape index (κ1) is 18.7.